The zero-order valence-corrected chi connectivity index (χ0v) is 14.3. The standard InChI is InChI=1S/C18H26N2S/c1-13(2)9-10-21-18-16(12-19-14(3)4)11-15-7-5-6-8-17(15)20-18/h5-8,11,13-14,19H,9-10,12H2,1-4H3. The Kier molecular flexibility index (Phi) is 6.07. The normalized spacial score (nSPS) is 11.7. The van der Waals surface area contributed by atoms with Crippen molar-refractivity contribution in [2.45, 2.75) is 51.7 Å². The fourth-order valence-electron chi connectivity index (χ4n) is 2.10. The van der Waals surface area contributed by atoms with Gasteiger partial charge in [-0.3, -0.25) is 0 Å². The lowest BCUT2D eigenvalue weighted by atomic mass is 10.1. The number of aromatic nitrogens is 1. The van der Waals surface area contributed by atoms with Crippen LogP contribution in [0.25, 0.3) is 10.9 Å². The quantitative estimate of drug-likeness (QED) is 0.739. The van der Waals surface area contributed by atoms with E-state index in [2.05, 4.69) is 63.3 Å². The molecule has 0 bridgehead atoms. The molecule has 0 aliphatic rings. The van der Waals surface area contributed by atoms with Gasteiger partial charge in [-0.2, -0.15) is 0 Å². The third-order valence-corrected chi connectivity index (χ3v) is 4.46. The molecule has 0 spiro atoms. The van der Waals surface area contributed by atoms with E-state index in [-0.39, 0.29) is 0 Å². The number of fused-ring (bicyclic) bond motifs is 1. The summed E-state index contributed by atoms with van der Waals surface area (Å²) in [7, 11) is 0. The molecule has 0 saturated heterocycles. The van der Waals surface area contributed by atoms with E-state index in [1.54, 1.807) is 0 Å². The Morgan fingerprint density at radius 2 is 1.90 bits per heavy atom. The Hall–Kier alpha value is -1.06. The number of para-hydroxylation sites is 1. The van der Waals surface area contributed by atoms with Gasteiger partial charge in [0.2, 0.25) is 0 Å². The van der Waals surface area contributed by atoms with E-state index in [1.165, 1.54) is 22.4 Å². The molecule has 0 aliphatic heterocycles. The summed E-state index contributed by atoms with van der Waals surface area (Å²) in [6.07, 6.45) is 1.23. The third kappa shape index (κ3) is 5.01. The van der Waals surface area contributed by atoms with Gasteiger partial charge in [0.05, 0.1) is 5.52 Å². The van der Waals surface area contributed by atoms with Crippen LogP contribution in [0.5, 0.6) is 0 Å². The number of benzene rings is 1. The molecule has 0 saturated carbocycles. The molecule has 0 aliphatic carbocycles. The van der Waals surface area contributed by atoms with Gasteiger partial charge in [-0.05, 0) is 35.8 Å². The molecule has 0 amide bonds. The molecule has 0 unspecified atom stereocenters. The molecule has 2 rings (SSSR count). The first-order chi connectivity index (χ1) is 10.1. The predicted molar refractivity (Wildman–Crippen MR) is 93.9 cm³/mol. The zero-order valence-electron chi connectivity index (χ0n) is 13.5. The molecular formula is C18H26N2S. The maximum absolute atomic E-state index is 4.87. The SMILES string of the molecule is CC(C)CCSc1nc2ccccc2cc1CNC(C)C. The van der Waals surface area contributed by atoms with Gasteiger partial charge in [0.1, 0.15) is 5.03 Å². The van der Waals surface area contributed by atoms with Crippen molar-refractivity contribution in [3.8, 4) is 0 Å². The second kappa shape index (κ2) is 7.81. The number of hydrogen-bond donors (Lipinski definition) is 1. The van der Waals surface area contributed by atoms with Crippen LogP contribution in [0.3, 0.4) is 0 Å². The van der Waals surface area contributed by atoms with Gasteiger partial charge >= 0.3 is 0 Å². The summed E-state index contributed by atoms with van der Waals surface area (Å²) < 4.78 is 0. The van der Waals surface area contributed by atoms with E-state index in [0.29, 0.717) is 6.04 Å². The second-order valence-corrected chi connectivity index (χ2v) is 7.30. The van der Waals surface area contributed by atoms with E-state index >= 15 is 0 Å². The van der Waals surface area contributed by atoms with Crippen molar-refractivity contribution in [3.05, 3.63) is 35.9 Å². The Balaban J connectivity index is 2.22. The summed E-state index contributed by atoms with van der Waals surface area (Å²) in [5.41, 5.74) is 2.41. The Morgan fingerprint density at radius 1 is 1.14 bits per heavy atom. The first kappa shape index (κ1) is 16.3. The predicted octanol–water partition coefficient (Wildman–Crippen LogP) is 4.87. The average Bonchev–Trinajstić information content (AvgIpc) is 2.44. The number of nitrogens with one attached hydrogen (secondary N) is 1. The highest BCUT2D eigenvalue weighted by atomic mass is 32.2. The fraction of sp³-hybridized carbons (Fsp3) is 0.500. The monoisotopic (exact) mass is 302 g/mol. The molecule has 0 radical (unpaired) electrons. The maximum Gasteiger partial charge on any atom is 0.101 e. The first-order valence-electron chi connectivity index (χ1n) is 7.81. The second-order valence-electron chi connectivity index (χ2n) is 6.21. The highest BCUT2D eigenvalue weighted by molar-refractivity contribution is 7.99. The van der Waals surface area contributed by atoms with Crippen molar-refractivity contribution in [2.75, 3.05) is 5.75 Å². The van der Waals surface area contributed by atoms with Crippen molar-refractivity contribution in [1.29, 1.82) is 0 Å². The summed E-state index contributed by atoms with van der Waals surface area (Å²) in [6, 6.07) is 11.2. The average molecular weight is 302 g/mol. The van der Waals surface area contributed by atoms with Crippen LogP contribution in [-0.2, 0) is 6.54 Å². The Labute approximate surface area is 132 Å². The zero-order chi connectivity index (χ0) is 15.2. The summed E-state index contributed by atoms with van der Waals surface area (Å²) in [4.78, 5) is 4.87. The maximum atomic E-state index is 4.87. The smallest absolute Gasteiger partial charge is 0.101 e. The van der Waals surface area contributed by atoms with Gasteiger partial charge < -0.3 is 5.32 Å². The van der Waals surface area contributed by atoms with Crippen molar-refractivity contribution in [2.24, 2.45) is 5.92 Å². The molecule has 114 valence electrons. The van der Waals surface area contributed by atoms with E-state index in [9.17, 15) is 0 Å². The third-order valence-electron chi connectivity index (χ3n) is 3.40. The lowest BCUT2D eigenvalue weighted by Crippen LogP contribution is -2.22. The van der Waals surface area contributed by atoms with Crippen LogP contribution >= 0.6 is 11.8 Å². The van der Waals surface area contributed by atoms with Crippen LogP contribution < -0.4 is 5.32 Å². The van der Waals surface area contributed by atoms with Crippen molar-refractivity contribution in [1.82, 2.24) is 10.3 Å². The van der Waals surface area contributed by atoms with Crippen LogP contribution in [-0.4, -0.2) is 16.8 Å². The Morgan fingerprint density at radius 3 is 2.62 bits per heavy atom. The van der Waals surface area contributed by atoms with Crippen LogP contribution in [0.4, 0.5) is 0 Å². The molecule has 0 fully saturated rings. The summed E-state index contributed by atoms with van der Waals surface area (Å²) in [5, 5.41) is 5.92. The molecule has 21 heavy (non-hydrogen) atoms. The van der Waals surface area contributed by atoms with Gasteiger partial charge in [-0.1, -0.05) is 45.9 Å². The molecule has 2 aromatic rings. The number of nitrogens with zero attached hydrogens (tertiary/aromatic N) is 1. The van der Waals surface area contributed by atoms with Crippen LogP contribution in [0.2, 0.25) is 0 Å². The molecule has 0 atom stereocenters. The highest BCUT2D eigenvalue weighted by Crippen LogP contribution is 2.26. The number of thioether (sulfide) groups is 1. The number of rotatable bonds is 7. The Bertz CT molecular complexity index is 578. The van der Waals surface area contributed by atoms with E-state index in [4.69, 9.17) is 4.98 Å². The molecule has 1 aromatic carbocycles. The molecular weight excluding hydrogens is 276 g/mol. The summed E-state index contributed by atoms with van der Waals surface area (Å²) >= 11 is 1.89. The topological polar surface area (TPSA) is 24.9 Å². The van der Waals surface area contributed by atoms with Crippen LogP contribution in [0.15, 0.2) is 35.4 Å². The van der Waals surface area contributed by atoms with E-state index < -0.39 is 0 Å². The minimum absolute atomic E-state index is 0.491. The van der Waals surface area contributed by atoms with Crippen LogP contribution in [0.1, 0.15) is 39.7 Å². The van der Waals surface area contributed by atoms with E-state index in [0.717, 1.165) is 23.7 Å². The lowest BCUT2D eigenvalue weighted by molar-refractivity contribution is 0.583. The molecule has 2 nitrogen and oxygen atoms in total. The summed E-state index contributed by atoms with van der Waals surface area (Å²) in [6.45, 7) is 9.80. The highest BCUT2D eigenvalue weighted by Gasteiger charge is 2.08. The molecule has 1 aromatic heterocycles. The van der Waals surface area contributed by atoms with Gasteiger partial charge in [-0.15, -0.1) is 11.8 Å². The fourth-order valence-corrected chi connectivity index (χ4v) is 3.36. The van der Waals surface area contributed by atoms with Gasteiger partial charge in [-0.25, -0.2) is 4.98 Å². The number of pyridine rings is 1. The van der Waals surface area contributed by atoms with Crippen LogP contribution in [0, 0.1) is 5.92 Å². The molecule has 3 heteroatoms. The lowest BCUT2D eigenvalue weighted by Gasteiger charge is -2.13. The molecule has 1 heterocycles. The molecule has 1 N–H and O–H groups in total. The van der Waals surface area contributed by atoms with Gasteiger partial charge in [0.15, 0.2) is 0 Å². The van der Waals surface area contributed by atoms with Crippen molar-refractivity contribution < 1.29 is 0 Å². The minimum Gasteiger partial charge on any atom is -0.310 e. The van der Waals surface area contributed by atoms with Gasteiger partial charge in [0, 0.05) is 18.0 Å². The van der Waals surface area contributed by atoms with Gasteiger partial charge in [0.25, 0.3) is 0 Å². The largest absolute Gasteiger partial charge is 0.310 e. The first-order valence-corrected chi connectivity index (χ1v) is 8.79. The van der Waals surface area contributed by atoms with E-state index in [1.807, 2.05) is 11.8 Å². The summed E-state index contributed by atoms with van der Waals surface area (Å²) in [5.74, 6) is 1.88. The van der Waals surface area contributed by atoms with Crippen molar-refractivity contribution in [3.63, 3.8) is 0 Å². The van der Waals surface area contributed by atoms with Crippen molar-refractivity contribution >= 4 is 22.7 Å². The number of hydrogen-bond acceptors (Lipinski definition) is 3. The minimum atomic E-state index is 0.491.